The summed E-state index contributed by atoms with van der Waals surface area (Å²) in [6, 6.07) is 3.99. The maximum absolute atomic E-state index is 11.3. The van der Waals surface area contributed by atoms with Crippen molar-refractivity contribution in [3.63, 3.8) is 0 Å². The van der Waals surface area contributed by atoms with Crippen molar-refractivity contribution in [1.29, 1.82) is 0 Å². The van der Waals surface area contributed by atoms with Crippen LogP contribution in [-0.4, -0.2) is 24.5 Å². The van der Waals surface area contributed by atoms with Crippen LogP contribution in [0, 0.1) is 10.1 Å². The van der Waals surface area contributed by atoms with E-state index in [-0.39, 0.29) is 11.4 Å². The SMILES string of the molecule is COc1ccc(NC(=O)CN=[N+]=[N-])c([N+](=O)[O-])c1. The van der Waals surface area contributed by atoms with Gasteiger partial charge in [0.1, 0.15) is 18.0 Å². The Labute approximate surface area is 101 Å². The highest BCUT2D eigenvalue weighted by Crippen LogP contribution is 2.28. The number of methoxy groups -OCH3 is 1. The van der Waals surface area contributed by atoms with Crippen molar-refractivity contribution < 1.29 is 14.5 Å². The third-order valence-corrected chi connectivity index (χ3v) is 1.95. The van der Waals surface area contributed by atoms with Gasteiger partial charge in [0.15, 0.2) is 0 Å². The molecule has 0 aromatic heterocycles. The van der Waals surface area contributed by atoms with E-state index < -0.39 is 17.4 Å². The van der Waals surface area contributed by atoms with Gasteiger partial charge in [0.2, 0.25) is 5.91 Å². The van der Waals surface area contributed by atoms with Crippen LogP contribution >= 0.6 is 0 Å². The van der Waals surface area contributed by atoms with E-state index in [4.69, 9.17) is 10.3 Å². The van der Waals surface area contributed by atoms with Crippen LogP contribution in [0.1, 0.15) is 0 Å². The fraction of sp³-hybridized carbons (Fsp3) is 0.222. The molecular formula is C9H9N5O4. The van der Waals surface area contributed by atoms with Crippen LogP contribution in [0.15, 0.2) is 23.3 Å². The Morgan fingerprint density at radius 2 is 2.39 bits per heavy atom. The monoisotopic (exact) mass is 251 g/mol. The highest BCUT2D eigenvalue weighted by Gasteiger charge is 2.16. The van der Waals surface area contributed by atoms with E-state index in [0.717, 1.165) is 0 Å². The number of hydrogen-bond acceptors (Lipinski definition) is 5. The van der Waals surface area contributed by atoms with Crippen molar-refractivity contribution in [2.24, 2.45) is 5.11 Å². The quantitative estimate of drug-likeness (QED) is 0.281. The molecule has 0 saturated carbocycles. The Morgan fingerprint density at radius 3 is 2.94 bits per heavy atom. The number of rotatable bonds is 5. The van der Waals surface area contributed by atoms with Crippen LogP contribution in [0.2, 0.25) is 0 Å². The fourth-order valence-electron chi connectivity index (χ4n) is 1.18. The molecule has 0 saturated heterocycles. The molecule has 9 nitrogen and oxygen atoms in total. The zero-order chi connectivity index (χ0) is 13.5. The normalized spacial score (nSPS) is 9.17. The van der Waals surface area contributed by atoms with E-state index in [9.17, 15) is 14.9 Å². The number of carbonyl (C=O) groups excluding carboxylic acids is 1. The molecule has 0 bridgehead atoms. The number of carbonyl (C=O) groups is 1. The van der Waals surface area contributed by atoms with Crippen LogP contribution in [0.4, 0.5) is 11.4 Å². The summed E-state index contributed by atoms with van der Waals surface area (Å²) in [5.41, 5.74) is 7.76. The molecule has 0 heterocycles. The molecule has 0 unspecified atom stereocenters. The van der Waals surface area contributed by atoms with Crippen LogP contribution in [-0.2, 0) is 4.79 Å². The number of nitrogens with zero attached hydrogens (tertiary/aromatic N) is 4. The van der Waals surface area contributed by atoms with Crippen LogP contribution < -0.4 is 10.1 Å². The van der Waals surface area contributed by atoms with Gasteiger partial charge >= 0.3 is 0 Å². The van der Waals surface area contributed by atoms with Gasteiger partial charge in [-0.15, -0.1) is 0 Å². The van der Waals surface area contributed by atoms with Gasteiger partial charge in [0, 0.05) is 4.91 Å². The van der Waals surface area contributed by atoms with Gasteiger partial charge < -0.3 is 10.1 Å². The van der Waals surface area contributed by atoms with Crippen molar-refractivity contribution in [1.82, 2.24) is 0 Å². The molecule has 0 radical (unpaired) electrons. The number of ether oxygens (including phenoxy) is 1. The summed E-state index contributed by atoms with van der Waals surface area (Å²) in [6.07, 6.45) is 0. The summed E-state index contributed by atoms with van der Waals surface area (Å²) >= 11 is 0. The lowest BCUT2D eigenvalue weighted by Crippen LogP contribution is -2.15. The Hall–Kier alpha value is -2.80. The molecule has 0 aliphatic carbocycles. The summed E-state index contributed by atoms with van der Waals surface area (Å²) in [6.45, 7) is -0.431. The number of hydrogen-bond donors (Lipinski definition) is 1. The highest BCUT2D eigenvalue weighted by molar-refractivity contribution is 5.94. The van der Waals surface area contributed by atoms with Crippen LogP contribution in [0.3, 0.4) is 0 Å². The number of nitrogens with one attached hydrogen (secondary N) is 1. The van der Waals surface area contributed by atoms with E-state index in [0.29, 0.717) is 5.75 Å². The number of azide groups is 1. The molecule has 1 amide bonds. The van der Waals surface area contributed by atoms with Gasteiger partial charge in [-0.3, -0.25) is 14.9 Å². The maximum atomic E-state index is 11.3. The molecule has 94 valence electrons. The van der Waals surface area contributed by atoms with Crippen molar-refractivity contribution in [3.8, 4) is 5.75 Å². The molecular weight excluding hydrogens is 242 g/mol. The Bertz CT molecular complexity index is 524. The molecule has 0 aliphatic heterocycles. The summed E-state index contributed by atoms with van der Waals surface area (Å²) < 4.78 is 4.85. The molecule has 1 aromatic rings. The third kappa shape index (κ3) is 3.35. The Kier molecular flexibility index (Phi) is 4.47. The number of benzene rings is 1. The molecule has 1 aromatic carbocycles. The standard InChI is InChI=1S/C9H9N5O4/c1-18-6-2-3-7(8(4-6)14(16)17)12-9(15)5-11-13-10/h2-4H,5H2,1H3,(H,12,15). The minimum absolute atomic E-state index is 0.0129. The summed E-state index contributed by atoms with van der Waals surface area (Å²) in [5, 5.41) is 16.1. The lowest BCUT2D eigenvalue weighted by atomic mass is 10.2. The summed E-state index contributed by atoms with van der Waals surface area (Å²) in [4.78, 5) is 23.8. The van der Waals surface area contributed by atoms with Gasteiger partial charge in [-0.2, -0.15) is 0 Å². The molecule has 0 fully saturated rings. The van der Waals surface area contributed by atoms with Gasteiger partial charge in [-0.25, -0.2) is 0 Å². The van der Waals surface area contributed by atoms with E-state index in [1.807, 2.05) is 0 Å². The molecule has 18 heavy (non-hydrogen) atoms. The molecule has 0 atom stereocenters. The molecule has 1 rings (SSSR count). The largest absolute Gasteiger partial charge is 0.496 e. The Balaban J connectivity index is 2.97. The predicted molar refractivity (Wildman–Crippen MR) is 62.3 cm³/mol. The van der Waals surface area contributed by atoms with E-state index in [1.54, 1.807) is 0 Å². The first-order chi connectivity index (χ1) is 8.58. The lowest BCUT2D eigenvalue weighted by molar-refractivity contribution is -0.384. The summed E-state index contributed by atoms with van der Waals surface area (Å²) in [5.74, 6) is -0.337. The number of amides is 1. The minimum atomic E-state index is -0.647. The number of nitro groups is 1. The second kappa shape index (κ2) is 6.06. The first kappa shape index (κ1) is 13.3. The lowest BCUT2D eigenvalue weighted by Gasteiger charge is -2.06. The predicted octanol–water partition coefficient (Wildman–Crippen LogP) is 1.85. The topological polar surface area (TPSA) is 130 Å². The average Bonchev–Trinajstić information content (AvgIpc) is 2.36. The zero-order valence-electron chi connectivity index (χ0n) is 9.36. The highest BCUT2D eigenvalue weighted by atomic mass is 16.6. The van der Waals surface area contributed by atoms with Crippen molar-refractivity contribution in [2.45, 2.75) is 0 Å². The third-order valence-electron chi connectivity index (χ3n) is 1.95. The number of nitro benzene ring substituents is 1. The first-order valence-corrected chi connectivity index (χ1v) is 4.71. The first-order valence-electron chi connectivity index (χ1n) is 4.71. The zero-order valence-corrected chi connectivity index (χ0v) is 9.36. The number of anilines is 1. The fourth-order valence-corrected chi connectivity index (χ4v) is 1.18. The second-order valence-corrected chi connectivity index (χ2v) is 3.08. The smallest absolute Gasteiger partial charge is 0.296 e. The maximum Gasteiger partial charge on any atom is 0.296 e. The van der Waals surface area contributed by atoms with Crippen LogP contribution in [0.25, 0.3) is 10.4 Å². The molecule has 1 N–H and O–H groups in total. The molecule has 0 spiro atoms. The van der Waals surface area contributed by atoms with E-state index >= 15 is 0 Å². The van der Waals surface area contributed by atoms with Crippen molar-refractivity contribution in [2.75, 3.05) is 19.0 Å². The molecule has 0 aliphatic rings. The van der Waals surface area contributed by atoms with Gasteiger partial charge in [-0.05, 0) is 17.7 Å². The van der Waals surface area contributed by atoms with E-state index in [2.05, 4.69) is 15.3 Å². The summed E-state index contributed by atoms with van der Waals surface area (Å²) in [7, 11) is 1.37. The van der Waals surface area contributed by atoms with Crippen LogP contribution in [0.5, 0.6) is 5.75 Å². The minimum Gasteiger partial charge on any atom is -0.496 e. The van der Waals surface area contributed by atoms with Crippen molar-refractivity contribution >= 4 is 17.3 Å². The second-order valence-electron chi connectivity index (χ2n) is 3.08. The van der Waals surface area contributed by atoms with Crippen molar-refractivity contribution in [3.05, 3.63) is 38.8 Å². The van der Waals surface area contributed by atoms with E-state index in [1.165, 1.54) is 25.3 Å². The Morgan fingerprint density at radius 1 is 1.67 bits per heavy atom. The molecule has 9 heteroatoms. The van der Waals surface area contributed by atoms with Gasteiger partial charge in [0.05, 0.1) is 18.1 Å². The average molecular weight is 251 g/mol. The van der Waals surface area contributed by atoms with Gasteiger partial charge in [0.25, 0.3) is 5.69 Å². The van der Waals surface area contributed by atoms with Gasteiger partial charge in [-0.1, -0.05) is 5.11 Å².